The van der Waals surface area contributed by atoms with E-state index in [1.165, 1.54) is 22.3 Å². The number of ether oxygens (including phenoxy) is 2. The molecular weight excluding hydrogens is 623 g/mol. The first-order chi connectivity index (χ1) is 23.2. The number of hydrogen-bond acceptors (Lipinski definition) is 6. The van der Waals surface area contributed by atoms with Crippen molar-refractivity contribution in [1.29, 1.82) is 0 Å². The molecular formula is C40H52ClFN4O2. The SMILES string of the molecule is C=C1CC[C@H](NCc2cc(Cl)c(NC3CCc4c(-c5cccc(OCCCN6CCC(C)(F)CC6)c5C)cccc43)cc2OCC)CN1. The van der Waals surface area contributed by atoms with Gasteiger partial charge in [-0.15, -0.1) is 0 Å². The average molecular weight is 675 g/mol. The van der Waals surface area contributed by atoms with Crippen LogP contribution in [0.5, 0.6) is 11.5 Å². The molecule has 0 saturated carbocycles. The zero-order valence-electron chi connectivity index (χ0n) is 28.9. The lowest BCUT2D eigenvalue weighted by Crippen LogP contribution is -2.41. The largest absolute Gasteiger partial charge is 0.493 e. The second kappa shape index (κ2) is 15.5. The standard InChI is InChI=1S/C40H52ClFN4O2/c1-5-47-39-24-37(35(41)23-29(39)25-44-30-14-13-27(2)43-26-30)45-36-16-15-33-32(10-6-11-34(33)36)31-9-7-12-38(28(31)3)48-22-8-19-46-20-17-40(4,42)18-21-46/h6-7,9-12,23-24,30,36,43-45H,2,5,8,13-22,25-26H2,1,3-4H3/t30-,36?/m0/s1. The molecule has 258 valence electrons. The number of alkyl halides is 1. The van der Waals surface area contributed by atoms with E-state index in [0.717, 1.165) is 92.3 Å². The van der Waals surface area contributed by atoms with E-state index >= 15 is 0 Å². The highest BCUT2D eigenvalue weighted by Gasteiger charge is 2.29. The number of halogens is 2. The monoisotopic (exact) mass is 674 g/mol. The number of hydrogen-bond donors (Lipinski definition) is 3. The molecule has 0 amide bonds. The van der Waals surface area contributed by atoms with Gasteiger partial charge in [0.2, 0.25) is 0 Å². The number of nitrogens with one attached hydrogen (secondary N) is 3. The van der Waals surface area contributed by atoms with Crippen LogP contribution in [0.25, 0.3) is 11.1 Å². The zero-order chi connectivity index (χ0) is 33.7. The summed E-state index contributed by atoms with van der Waals surface area (Å²) in [5.41, 5.74) is 8.42. The first-order valence-electron chi connectivity index (χ1n) is 17.8. The Morgan fingerprint density at radius 3 is 2.60 bits per heavy atom. The van der Waals surface area contributed by atoms with Gasteiger partial charge in [-0.25, -0.2) is 4.39 Å². The van der Waals surface area contributed by atoms with Gasteiger partial charge in [0.25, 0.3) is 0 Å². The lowest BCUT2D eigenvalue weighted by molar-refractivity contribution is 0.0715. The Labute approximate surface area is 291 Å². The fraction of sp³-hybridized carbons (Fsp3) is 0.500. The van der Waals surface area contributed by atoms with Crippen LogP contribution >= 0.6 is 11.6 Å². The number of fused-ring (bicyclic) bond motifs is 1. The molecule has 0 radical (unpaired) electrons. The molecule has 3 N–H and O–H groups in total. The Morgan fingerprint density at radius 2 is 1.83 bits per heavy atom. The summed E-state index contributed by atoms with van der Waals surface area (Å²) >= 11 is 6.92. The lowest BCUT2D eigenvalue weighted by Gasteiger charge is -2.34. The minimum Gasteiger partial charge on any atom is -0.493 e. The quantitative estimate of drug-likeness (QED) is 0.158. The number of allylic oxidation sites excluding steroid dienone is 1. The molecule has 3 aliphatic rings. The molecule has 3 aromatic carbocycles. The highest BCUT2D eigenvalue weighted by Crippen LogP contribution is 2.43. The molecule has 2 heterocycles. The molecule has 3 aromatic rings. The van der Waals surface area contributed by atoms with Gasteiger partial charge >= 0.3 is 0 Å². The molecule has 0 spiro atoms. The molecule has 8 heteroatoms. The number of nitrogens with zero attached hydrogens (tertiary/aromatic N) is 1. The Hall–Kier alpha value is -3.26. The van der Waals surface area contributed by atoms with Gasteiger partial charge in [-0.2, -0.15) is 0 Å². The summed E-state index contributed by atoms with van der Waals surface area (Å²) in [7, 11) is 0. The third-order valence-corrected chi connectivity index (χ3v) is 10.7. The second-order valence-corrected chi connectivity index (χ2v) is 14.4. The van der Waals surface area contributed by atoms with E-state index in [4.69, 9.17) is 21.1 Å². The van der Waals surface area contributed by atoms with Crippen LogP contribution in [0.4, 0.5) is 10.1 Å². The third kappa shape index (κ3) is 8.30. The van der Waals surface area contributed by atoms with Gasteiger partial charge in [-0.05, 0) is 106 Å². The van der Waals surface area contributed by atoms with Crippen LogP contribution in [-0.4, -0.2) is 56.0 Å². The Bertz CT molecular complexity index is 1570. The predicted molar refractivity (Wildman–Crippen MR) is 196 cm³/mol. The van der Waals surface area contributed by atoms with Crippen molar-refractivity contribution in [2.75, 3.05) is 44.7 Å². The van der Waals surface area contributed by atoms with Crippen LogP contribution in [0.3, 0.4) is 0 Å². The minimum atomic E-state index is -1.01. The Morgan fingerprint density at radius 1 is 1.04 bits per heavy atom. The maximum atomic E-state index is 14.2. The van der Waals surface area contributed by atoms with E-state index in [1.807, 2.05) is 13.0 Å². The molecule has 2 aliphatic heterocycles. The number of anilines is 1. The first kappa shape index (κ1) is 34.6. The molecule has 6 nitrogen and oxygen atoms in total. The fourth-order valence-electron chi connectivity index (χ4n) is 7.39. The van der Waals surface area contributed by atoms with E-state index < -0.39 is 5.67 Å². The maximum Gasteiger partial charge on any atom is 0.125 e. The van der Waals surface area contributed by atoms with Gasteiger partial charge in [-0.3, -0.25) is 0 Å². The molecule has 1 unspecified atom stereocenters. The highest BCUT2D eigenvalue weighted by molar-refractivity contribution is 6.33. The van der Waals surface area contributed by atoms with Crippen LogP contribution < -0.4 is 25.4 Å². The smallest absolute Gasteiger partial charge is 0.125 e. The zero-order valence-corrected chi connectivity index (χ0v) is 29.7. The molecule has 48 heavy (non-hydrogen) atoms. The van der Waals surface area contributed by atoms with Crippen molar-refractivity contribution in [3.63, 3.8) is 0 Å². The molecule has 2 atom stereocenters. The molecule has 2 fully saturated rings. The number of benzene rings is 3. The second-order valence-electron chi connectivity index (χ2n) is 14.0. The van der Waals surface area contributed by atoms with Crippen molar-refractivity contribution in [1.82, 2.24) is 15.5 Å². The lowest BCUT2D eigenvalue weighted by atomic mass is 9.93. The Kier molecular flexibility index (Phi) is 11.2. The topological polar surface area (TPSA) is 57.8 Å². The summed E-state index contributed by atoms with van der Waals surface area (Å²) in [5, 5.41) is 11.5. The summed E-state index contributed by atoms with van der Waals surface area (Å²) in [4.78, 5) is 2.36. The van der Waals surface area contributed by atoms with E-state index in [2.05, 4.69) is 76.8 Å². The van der Waals surface area contributed by atoms with Crippen molar-refractivity contribution in [3.05, 3.63) is 88.1 Å². The van der Waals surface area contributed by atoms with Crippen molar-refractivity contribution in [2.24, 2.45) is 0 Å². The van der Waals surface area contributed by atoms with Crippen LogP contribution in [0.1, 0.15) is 80.7 Å². The molecule has 6 rings (SSSR count). The van der Waals surface area contributed by atoms with Gasteiger partial charge in [0.15, 0.2) is 0 Å². The van der Waals surface area contributed by atoms with Gasteiger partial charge in [-0.1, -0.05) is 48.5 Å². The van der Waals surface area contributed by atoms with Crippen LogP contribution in [0.15, 0.2) is 60.8 Å². The summed E-state index contributed by atoms with van der Waals surface area (Å²) in [6.45, 7) is 15.4. The van der Waals surface area contributed by atoms with Crippen LogP contribution in [0.2, 0.25) is 5.02 Å². The Balaban J connectivity index is 1.11. The average Bonchev–Trinajstić information content (AvgIpc) is 3.49. The molecule has 1 aliphatic carbocycles. The maximum absolute atomic E-state index is 14.2. The van der Waals surface area contributed by atoms with E-state index in [-0.39, 0.29) is 6.04 Å². The number of piperidine rings is 2. The van der Waals surface area contributed by atoms with E-state index in [9.17, 15) is 4.39 Å². The predicted octanol–water partition coefficient (Wildman–Crippen LogP) is 8.76. The van der Waals surface area contributed by atoms with Crippen molar-refractivity contribution in [3.8, 4) is 22.6 Å². The molecule has 0 aromatic heterocycles. The van der Waals surface area contributed by atoms with Crippen molar-refractivity contribution >= 4 is 17.3 Å². The number of rotatable bonds is 13. The van der Waals surface area contributed by atoms with Gasteiger partial charge in [0.05, 0.1) is 30.0 Å². The van der Waals surface area contributed by atoms with Gasteiger partial charge < -0.3 is 30.3 Å². The van der Waals surface area contributed by atoms with E-state index in [0.29, 0.717) is 43.7 Å². The fourth-order valence-corrected chi connectivity index (χ4v) is 7.63. The van der Waals surface area contributed by atoms with Crippen LogP contribution in [0, 0.1) is 6.92 Å². The van der Waals surface area contributed by atoms with Crippen LogP contribution in [-0.2, 0) is 13.0 Å². The highest BCUT2D eigenvalue weighted by atomic mass is 35.5. The summed E-state index contributed by atoms with van der Waals surface area (Å²) < 4.78 is 26.6. The molecule has 0 bridgehead atoms. The minimum absolute atomic E-state index is 0.155. The van der Waals surface area contributed by atoms with Gasteiger partial charge in [0.1, 0.15) is 17.2 Å². The van der Waals surface area contributed by atoms with Crippen molar-refractivity contribution < 1.29 is 13.9 Å². The summed E-state index contributed by atoms with van der Waals surface area (Å²) in [5.74, 6) is 1.80. The summed E-state index contributed by atoms with van der Waals surface area (Å²) in [6, 6.07) is 17.7. The summed E-state index contributed by atoms with van der Waals surface area (Å²) in [6.07, 6.45) is 6.21. The molecule has 2 saturated heterocycles. The van der Waals surface area contributed by atoms with Gasteiger partial charge in [0, 0.05) is 56.1 Å². The third-order valence-electron chi connectivity index (χ3n) is 10.4. The normalized spacial score (nSPS) is 20.6. The van der Waals surface area contributed by atoms with E-state index in [1.54, 1.807) is 6.92 Å². The first-order valence-corrected chi connectivity index (χ1v) is 18.2. The van der Waals surface area contributed by atoms with Crippen molar-refractivity contribution in [2.45, 2.75) is 90.0 Å². The number of likely N-dealkylation sites (tertiary alicyclic amines) is 1.